The Labute approximate surface area is 280 Å². The van der Waals surface area contributed by atoms with E-state index in [-0.39, 0.29) is 38.6 Å². The van der Waals surface area contributed by atoms with Gasteiger partial charge >= 0.3 is 11.9 Å². The lowest BCUT2D eigenvalue weighted by Crippen LogP contribution is -2.09. The predicted molar refractivity (Wildman–Crippen MR) is 179 cm³/mol. The number of aliphatic hydroxyl groups is 2. The van der Waals surface area contributed by atoms with Gasteiger partial charge in [0.1, 0.15) is 23.0 Å². The van der Waals surface area contributed by atoms with Crippen LogP contribution < -0.4 is 18.9 Å². The number of carbonyl (C=O) groups is 2. The molecule has 0 aliphatic rings. The van der Waals surface area contributed by atoms with Crippen molar-refractivity contribution in [1.82, 2.24) is 0 Å². The molecule has 254 valence electrons. The lowest BCUT2D eigenvalue weighted by molar-refractivity contribution is 0.0384. The lowest BCUT2D eigenvalue weighted by Gasteiger charge is -2.13. The van der Waals surface area contributed by atoms with Gasteiger partial charge in [-0.15, -0.1) is 0 Å². The average Bonchev–Trinajstić information content (AvgIpc) is 3.12. The topological polar surface area (TPSA) is 130 Å². The van der Waals surface area contributed by atoms with Crippen LogP contribution >= 0.6 is 0 Å². The van der Waals surface area contributed by atoms with Gasteiger partial charge < -0.3 is 38.6 Å². The number of hydrogen-bond acceptors (Lipinski definition) is 10. The van der Waals surface area contributed by atoms with E-state index in [0.717, 1.165) is 24.0 Å². The van der Waals surface area contributed by atoms with Gasteiger partial charge in [-0.1, -0.05) is 24.3 Å². The largest absolute Gasteiger partial charge is 0.494 e. The van der Waals surface area contributed by atoms with E-state index in [2.05, 4.69) is 0 Å². The van der Waals surface area contributed by atoms with Gasteiger partial charge in [0.05, 0.1) is 63.0 Å². The van der Waals surface area contributed by atoms with Gasteiger partial charge in [-0.3, -0.25) is 0 Å². The molecule has 0 radical (unpaired) electrons. The maximum absolute atomic E-state index is 12.6. The lowest BCUT2D eigenvalue weighted by atomic mass is 10.1. The van der Waals surface area contributed by atoms with Crippen LogP contribution in [0.4, 0.5) is 0 Å². The second kappa shape index (κ2) is 19.2. The number of benzene rings is 4. The Morgan fingerprint density at radius 3 is 1.17 bits per heavy atom. The Morgan fingerprint density at radius 1 is 0.500 bits per heavy atom. The fourth-order valence-electron chi connectivity index (χ4n) is 4.56. The highest BCUT2D eigenvalue weighted by Crippen LogP contribution is 2.23. The first-order chi connectivity index (χ1) is 23.4. The van der Waals surface area contributed by atoms with Crippen molar-refractivity contribution >= 4 is 11.9 Å². The van der Waals surface area contributed by atoms with Crippen molar-refractivity contribution in [2.45, 2.75) is 38.9 Å². The summed E-state index contributed by atoms with van der Waals surface area (Å²) in [5.74, 6) is 1.21. The molecule has 0 spiro atoms. The molecule has 10 heteroatoms. The average molecular weight is 659 g/mol. The fourth-order valence-corrected chi connectivity index (χ4v) is 4.56. The summed E-state index contributed by atoms with van der Waals surface area (Å²) in [4.78, 5) is 25.1. The molecular weight excluding hydrogens is 616 g/mol. The van der Waals surface area contributed by atoms with Gasteiger partial charge in [-0.05, 0) is 111 Å². The molecule has 0 fully saturated rings. The normalized spacial score (nSPS) is 12.2. The molecule has 2 N–H and O–H groups in total. The van der Waals surface area contributed by atoms with E-state index in [0.29, 0.717) is 47.3 Å². The molecule has 0 aliphatic heterocycles. The van der Waals surface area contributed by atoms with E-state index < -0.39 is 11.9 Å². The van der Waals surface area contributed by atoms with Gasteiger partial charge in [0.25, 0.3) is 0 Å². The van der Waals surface area contributed by atoms with Crippen molar-refractivity contribution in [1.29, 1.82) is 0 Å². The van der Waals surface area contributed by atoms with Crippen LogP contribution in [0.3, 0.4) is 0 Å². The number of esters is 2. The molecule has 4 aromatic carbocycles. The standard InChI is InChI=1S/C38H42O10/c1-27(43-25-21-39)29-5-17-35(18-6-29)47-37(41)31-9-13-33(14-10-31)45-23-3-4-24-46-34-15-11-32(12-16-34)38(42)48-36-19-7-30(8-20-36)28(2)44-26-22-40/h5-20,27-28,39-40H,3-4,21-26H2,1-2H3. The van der Waals surface area contributed by atoms with Crippen LogP contribution in [-0.4, -0.2) is 61.8 Å². The molecule has 0 heterocycles. The van der Waals surface area contributed by atoms with Crippen molar-refractivity contribution in [2.75, 3.05) is 39.6 Å². The molecule has 48 heavy (non-hydrogen) atoms. The first-order valence-corrected chi connectivity index (χ1v) is 15.9. The van der Waals surface area contributed by atoms with Crippen molar-refractivity contribution < 1.29 is 48.2 Å². The van der Waals surface area contributed by atoms with Crippen LogP contribution in [-0.2, 0) is 9.47 Å². The number of carbonyl (C=O) groups excluding carboxylic acids is 2. The third-order valence-electron chi connectivity index (χ3n) is 7.29. The monoisotopic (exact) mass is 658 g/mol. The minimum Gasteiger partial charge on any atom is -0.494 e. The minimum atomic E-state index is -0.469. The maximum Gasteiger partial charge on any atom is 0.343 e. The molecule has 0 aromatic heterocycles. The zero-order valence-corrected chi connectivity index (χ0v) is 27.2. The Bertz CT molecular complexity index is 1420. The highest BCUT2D eigenvalue weighted by atomic mass is 16.5. The van der Waals surface area contributed by atoms with E-state index in [9.17, 15) is 9.59 Å². The SMILES string of the molecule is CC(OCCO)c1ccc(OC(=O)c2ccc(OCCCCOc3ccc(C(=O)Oc4ccc(C(C)OCCO)cc4)cc3)cc2)cc1. The quantitative estimate of drug-likeness (QED) is 0.0654. The number of aliphatic hydroxyl groups excluding tert-OH is 2. The molecular formula is C38H42O10. The molecule has 10 nitrogen and oxygen atoms in total. The summed E-state index contributed by atoms with van der Waals surface area (Å²) in [5.41, 5.74) is 2.65. The molecule has 0 aliphatic carbocycles. The number of unbranched alkanes of at least 4 members (excludes halogenated alkanes) is 1. The molecule has 0 saturated heterocycles. The second-order valence-electron chi connectivity index (χ2n) is 10.8. The summed E-state index contributed by atoms with van der Waals surface area (Å²) in [6.45, 7) is 5.19. The van der Waals surface area contributed by atoms with Gasteiger partial charge in [0.15, 0.2) is 0 Å². The Hall–Kier alpha value is -4.74. The van der Waals surface area contributed by atoms with Gasteiger partial charge in [0.2, 0.25) is 0 Å². The van der Waals surface area contributed by atoms with Crippen molar-refractivity contribution in [3.8, 4) is 23.0 Å². The zero-order chi connectivity index (χ0) is 34.1. The van der Waals surface area contributed by atoms with Crippen LogP contribution in [0.15, 0.2) is 97.1 Å². The summed E-state index contributed by atoms with van der Waals surface area (Å²) < 4.78 is 33.5. The maximum atomic E-state index is 12.6. The van der Waals surface area contributed by atoms with Gasteiger partial charge in [-0.2, -0.15) is 0 Å². The van der Waals surface area contributed by atoms with Crippen LogP contribution in [0.2, 0.25) is 0 Å². The minimum absolute atomic E-state index is 0.0399. The summed E-state index contributed by atoms with van der Waals surface area (Å²) in [6, 6.07) is 27.7. The van der Waals surface area contributed by atoms with Crippen LogP contribution in [0.5, 0.6) is 23.0 Å². The number of rotatable bonds is 19. The molecule has 4 aromatic rings. The fraction of sp³-hybridized carbons (Fsp3) is 0.316. The Balaban J connectivity index is 1.11. The summed E-state index contributed by atoms with van der Waals surface area (Å²) in [6.07, 6.45) is 1.17. The third kappa shape index (κ3) is 11.5. The second-order valence-corrected chi connectivity index (χ2v) is 10.8. The molecule has 2 unspecified atom stereocenters. The van der Waals surface area contributed by atoms with Crippen molar-refractivity contribution in [3.63, 3.8) is 0 Å². The first-order valence-electron chi connectivity index (χ1n) is 15.9. The smallest absolute Gasteiger partial charge is 0.343 e. The molecule has 0 amide bonds. The molecule has 2 atom stereocenters. The van der Waals surface area contributed by atoms with Crippen LogP contribution in [0, 0.1) is 0 Å². The van der Waals surface area contributed by atoms with E-state index in [1.807, 2.05) is 38.1 Å². The van der Waals surface area contributed by atoms with Crippen molar-refractivity contribution in [2.24, 2.45) is 0 Å². The molecule has 0 saturated carbocycles. The van der Waals surface area contributed by atoms with Crippen LogP contribution in [0.25, 0.3) is 0 Å². The number of ether oxygens (including phenoxy) is 6. The van der Waals surface area contributed by atoms with E-state index in [1.165, 1.54) is 0 Å². The van der Waals surface area contributed by atoms with Crippen molar-refractivity contribution in [3.05, 3.63) is 119 Å². The van der Waals surface area contributed by atoms with E-state index in [4.69, 9.17) is 38.6 Å². The summed E-state index contributed by atoms with van der Waals surface area (Å²) in [7, 11) is 0. The zero-order valence-electron chi connectivity index (χ0n) is 27.2. The number of hydrogen-bond donors (Lipinski definition) is 2. The summed E-state index contributed by atoms with van der Waals surface area (Å²) in [5, 5.41) is 17.8. The van der Waals surface area contributed by atoms with Gasteiger partial charge in [-0.25, -0.2) is 9.59 Å². The summed E-state index contributed by atoms with van der Waals surface area (Å²) >= 11 is 0. The Morgan fingerprint density at radius 2 is 0.833 bits per heavy atom. The van der Waals surface area contributed by atoms with Crippen LogP contribution in [0.1, 0.15) is 70.7 Å². The van der Waals surface area contributed by atoms with Gasteiger partial charge in [0, 0.05) is 0 Å². The highest BCUT2D eigenvalue weighted by molar-refractivity contribution is 5.91. The van der Waals surface area contributed by atoms with E-state index in [1.54, 1.807) is 72.8 Å². The van der Waals surface area contributed by atoms with E-state index >= 15 is 0 Å². The molecule has 0 bridgehead atoms. The Kier molecular flexibility index (Phi) is 14.4. The highest BCUT2D eigenvalue weighted by Gasteiger charge is 2.12. The molecule has 4 rings (SSSR count). The first kappa shape index (κ1) is 36.1. The third-order valence-corrected chi connectivity index (χ3v) is 7.29. The predicted octanol–water partition coefficient (Wildman–Crippen LogP) is 6.50.